The molecule has 1 heterocycles. The average molecular weight is 349 g/mol. The Labute approximate surface area is 171 Å². The Morgan fingerprint density at radius 2 is 1.50 bits per heavy atom. The molecule has 0 bridgehead atoms. The first-order valence-corrected chi connectivity index (χ1v) is 9.72. The monoisotopic (exact) mass is 349 g/mol. The van der Waals surface area contributed by atoms with Gasteiger partial charge in [0.1, 0.15) is 6.04 Å². The smallest absolute Gasteiger partial charge is 1.00 e. The molecule has 0 unspecified atom stereocenters. The Morgan fingerprint density at radius 3 is 2.00 bits per heavy atom. The summed E-state index contributed by atoms with van der Waals surface area (Å²) in [5, 5.41) is 3.05. The van der Waals surface area contributed by atoms with E-state index in [1.807, 2.05) is 0 Å². The summed E-state index contributed by atoms with van der Waals surface area (Å²) in [6.45, 7) is 3.09. The number of rotatable bonds is 13. The molecule has 1 fully saturated rings. The van der Waals surface area contributed by atoms with Crippen LogP contribution in [0.15, 0.2) is 0 Å². The number of unbranched alkanes of at least 4 members (excludes halogenated alkanes) is 10. The van der Waals surface area contributed by atoms with E-state index in [0.29, 0.717) is 6.42 Å². The SMILES string of the molecule is CCCCCCCCCCCCCC(=O)OC(=O)[C@H]1CCCN1.[H-].[Na+]. The van der Waals surface area contributed by atoms with Crippen molar-refractivity contribution in [2.45, 2.75) is 103 Å². The Hall–Kier alpha value is 0.1000. The van der Waals surface area contributed by atoms with Gasteiger partial charge in [-0.05, 0) is 25.8 Å². The maximum Gasteiger partial charge on any atom is 1.00 e. The predicted octanol–water partition coefficient (Wildman–Crippen LogP) is 1.63. The predicted molar refractivity (Wildman–Crippen MR) is 94.3 cm³/mol. The van der Waals surface area contributed by atoms with E-state index in [1.54, 1.807) is 0 Å². The summed E-state index contributed by atoms with van der Waals surface area (Å²) < 4.78 is 4.89. The van der Waals surface area contributed by atoms with Crippen LogP contribution in [0.3, 0.4) is 0 Å². The van der Waals surface area contributed by atoms with Crippen LogP contribution in [0.4, 0.5) is 0 Å². The Balaban J connectivity index is 0. The van der Waals surface area contributed by atoms with Gasteiger partial charge in [0.15, 0.2) is 0 Å². The molecule has 5 heteroatoms. The van der Waals surface area contributed by atoms with Crippen LogP contribution >= 0.6 is 0 Å². The minimum Gasteiger partial charge on any atom is -1.00 e. The van der Waals surface area contributed by atoms with E-state index in [-0.39, 0.29) is 43.0 Å². The van der Waals surface area contributed by atoms with Gasteiger partial charge in [-0.3, -0.25) is 4.79 Å². The Kier molecular flexibility index (Phi) is 16.6. The molecule has 136 valence electrons. The molecule has 0 aromatic rings. The van der Waals surface area contributed by atoms with Crippen molar-refractivity contribution in [2.75, 3.05) is 6.54 Å². The first-order valence-electron chi connectivity index (χ1n) is 9.72. The molecule has 0 aromatic carbocycles. The third kappa shape index (κ3) is 12.5. The minimum absolute atomic E-state index is 0. The van der Waals surface area contributed by atoms with E-state index >= 15 is 0 Å². The van der Waals surface area contributed by atoms with Crippen LogP contribution in [0.2, 0.25) is 0 Å². The van der Waals surface area contributed by atoms with Crippen LogP contribution in [0.25, 0.3) is 0 Å². The van der Waals surface area contributed by atoms with Gasteiger partial charge in [-0.1, -0.05) is 71.1 Å². The van der Waals surface area contributed by atoms with Gasteiger partial charge in [-0.25, -0.2) is 4.79 Å². The summed E-state index contributed by atoms with van der Waals surface area (Å²) in [7, 11) is 0. The van der Waals surface area contributed by atoms with E-state index in [1.165, 1.54) is 57.8 Å². The van der Waals surface area contributed by atoms with Crippen LogP contribution in [0.1, 0.15) is 98.2 Å². The molecule has 24 heavy (non-hydrogen) atoms. The molecule has 0 saturated carbocycles. The van der Waals surface area contributed by atoms with Gasteiger partial charge in [0.25, 0.3) is 0 Å². The average Bonchev–Trinajstić information content (AvgIpc) is 3.07. The van der Waals surface area contributed by atoms with Gasteiger partial charge >= 0.3 is 41.5 Å². The molecular weight excluding hydrogens is 313 g/mol. The fourth-order valence-electron chi connectivity index (χ4n) is 3.05. The van der Waals surface area contributed by atoms with Crippen LogP contribution in [0, 0.1) is 0 Å². The van der Waals surface area contributed by atoms with Crippen molar-refractivity contribution in [1.82, 2.24) is 5.32 Å². The second-order valence-electron chi connectivity index (χ2n) is 6.73. The number of hydrogen-bond acceptors (Lipinski definition) is 4. The summed E-state index contributed by atoms with van der Waals surface area (Å²) in [6.07, 6.45) is 15.9. The zero-order chi connectivity index (χ0) is 16.8. The largest absolute Gasteiger partial charge is 1.00 e. The van der Waals surface area contributed by atoms with Gasteiger partial charge < -0.3 is 11.5 Å². The molecule has 0 amide bonds. The summed E-state index contributed by atoms with van der Waals surface area (Å²) in [5.74, 6) is -0.754. The van der Waals surface area contributed by atoms with Crippen LogP contribution in [-0.2, 0) is 14.3 Å². The van der Waals surface area contributed by atoms with E-state index in [0.717, 1.165) is 32.2 Å². The molecule has 1 aliphatic heterocycles. The molecular formula is C19H36NNaO3. The number of carbonyl (C=O) groups excluding carboxylic acids is 2. The molecule has 1 rings (SSSR count). The minimum atomic E-state index is -0.393. The zero-order valence-corrected chi connectivity index (χ0v) is 17.9. The Bertz CT molecular complexity index is 337. The number of ether oxygens (including phenoxy) is 1. The van der Waals surface area contributed by atoms with Gasteiger partial charge in [0.2, 0.25) is 0 Å². The first-order chi connectivity index (χ1) is 11.2. The van der Waals surface area contributed by atoms with Crippen molar-refractivity contribution in [2.24, 2.45) is 0 Å². The number of carbonyl (C=O) groups is 2. The summed E-state index contributed by atoms with van der Waals surface area (Å²) in [6, 6.07) is -0.267. The Morgan fingerprint density at radius 1 is 0.958 bits per heavy atom. The zero-order valence-electron chi connectivity index (χ0n) is 16.9. The summed E-state index contributed by atoms with van der Waals surface area (Å²) in [4.78, 5) is 23.3. The second kappa shape index (κ2) is 16.6. The molecule has 1 saturated heterocycles. The van der Waals surface area contributed by atoms with E-state index in [9.17, 15) is 9.59 Å². The topological polar surface area (TPSA) is 55.4 Å². The van der Waals surface area contributed by atoms with Crippen molar-refractivity contribution < 1.29 is 45.3 Å². The van der Waals surface area contributed by atoms with Crippen LogP contribution in [0.5, 0.6) is 0 Å². The quantitative estimate of drug-likeness (QED) is 0.238. The number of nitrogens with one attached hydrogen (secondary N) is 1. The molecule has 0 spiro atoms. The summed E-state index contributed by atoms with van der Waals surface area (Å²) >= 11 is 0. The third-order valence-corrected chi connectivity index (χ3v) is 4.54. The maximum atomic E-state index is 11.7. The van der Waals surface area contributed by atoms with Crippen molar-refractivity contribution in [1.29, 1.82) is 0 Å². The van der Waals surface area contributed by atoms with Crippen molar-refractivity contribution >= 4 is 11.9 Å². The standard InChI is InChI=1S/C19H35NO3.Na.H/c1-2-3-4-5-6-7-8-9-10-11-12-15-18(21)23-19(22)17-14-13-16-20-17;;/h17,20H,2-16H2,1H3;;/q;+1;-1/t17-;;/m1../s1. The molecule has 0 radical (unpaired) electrons. The third-order valence-electron chi connectivity index (χ3n) is 4.54. The van der Waals surface area contributed by atoms with Gasteiger partial charge in [0.05, 0.1) is 0 Å². The van der Waals surface area contributed by atoms with Crippen molar-refractivity contribution in [3.63, 3.8) is 0 Å². The molecule has 1 atom stereocenters. The van der Waals surface area contributed by atoms with E-state index in [2.05, 4.69) is 12.2 Å². The fourth-order valence-corrected chi connectivity index (χ4v) is 3.05. The molecule has 0 aromatic heterocycles. The van der Waals surface area contributed by atoms with Crippen molar-refractivity contribution in [3.8, 4) is 0 Å². The van der Waals surface area contributed by atoms with Crippen molar-refractivity contribution in [3.05, 3.63) is 0 Å². The van der Waals surface area contributed by atoms with Crippen LogP contribution < -0.4 is 34.9 Å². The molecule has 1 N–H and O–H groups in total. The maximum absolute atomic E-state index is 11.7. The molecule has 0 aliphatic carbocycles. The number of esters is 2. The van der Waals surface area contributed by atoms with Gasteiger partial charge in [0, 0.05) is 6.42 Å². The van der Waals surface area contributed by atoms with Crippen LogP contribution in [-0.4, -0.2) is 24.5 Å². The second-order valence-corrected chi connectivity index (χ2v) is 6.73. The van der Waals surface area contributed by atoms with Gasteiger partial charge in [-0.15, -0.1) is 0 Å². The van der Waals surface area contributed by atoms with E-state index < -0.39 is 5.97 Å². The first kappa shape index (κ1) is 24.1. The normalized spacial score (nSPS) is 16.6. The number of hydrogen-bond donors (Lipinski definition) is 1. The molecule has 4 nitrogen and oxygen atoms in total. The van der Waals surface area contributed by atoms with E-state index in [4.69, 9.17) is 4.74 Å². The van der Waals surface area contributed by atoms with Gasteiger partial charge in [-0.2, -0.15) is 0 Å². The molecule has 1 aliphatic rings. The summed E-state index contributed by atoms with van der Waals surface area (Å²) in [5.41, 5.74) is 0. The fraction of sp³-hybridized carbons (Fsp3) is 0.895.